The number of rotatable bonds is 8. The van der Waals surface area contributed by atoms with Crippen LogP contribution in [0.15, 0.2) is 229 Å². The van der Waals surface area contributed by atoms with Crippen molar-refractivity contribution in [2.75, 3.05) is 0 Å². The van der Waals surface area contributed by atoms with E-state index in [-0.39, 0.29) is 0 Å². The van der Waals surface area contributed by atoms with Crippen LogP contribution in [0.3, 0.4) is 0 Å². The van der Waals surface area contributed by atoms with Gasteiger partial charge in [0.25, 0.3) is 0 Å². The van der Waals surface area contributed by atoms with Crippen LogP contribution in [0.4, 0.5) is 0 Å². The first-order valence-corrected chi connectivity index (χ1v) is 20.5. The van der Waals surface area contributed by atoms with E-state index in [1.807, 2.05) is 24.3 Å². The van der Waals surface area contributed by atoms with E-state index in [1.165, 1.54) is 22.3 Å². The molecule has 11 rings (SSSR count). The van der Waals surface area contributed by atoms with Crippen molar-refractivity contribution < 1.29 is 4.42 Å². The molecule has 286 valence electrons. The predicted octanol–water partition coefficient (Wildman–Crippen LogP) is 15.1. The van der Waals surface area contributed by atoms with Crippen LogP contribution in [0.1, 0.15) is 0 Å². The zero-order valence-electron chi connectivity index (χ0n) is 33.1. The van der Waals surface area contributed by atoms with Crippen LogP contribution in [-0.4, -0.2) is 15.0 Å². The second-order valence-corrected chi connectivity index (χ2v) is 15.2. The second kappa shape index (κ2) is 15.5. The van der Waals surface area contributed by atoms with Gasteiger partial charge < -0.3 is 4.42 Å². The van der Waals surface area contributed by atoms with E-state index in [9.17, 15) is 0 Å². The van der Waals surface area contributed by atoms with Crippen LogP contribution in [0, 0.1) is 0 Å². The van der Waals surface area contributed by atoms with Gasteiger partial charge in [0.15, 0.2) is 17.5 Å². The summed E-state index contributed by atoms with van der Waals surface area (Å²) < 4.78 is 6.60. The highest BCUT2D eigenvalue weighted by Gasteiger charge is 2.17. The standard InChI is InChI=1S/C57H37N3O/c1-4-13-38(14-5-1)41-25-29-43(30-26-41)55-58-56(44-31-27-42(28-32-44)46-20-10-19-45(35-46)39-15-6-2-7-16-39)60-57(59-55)49-33-34-51-53(37-49)61-52-24-12-23-50(54(51)52)48-22-11-21-47(36-48)40-17-8-3-9-18-40/h1-37H. The van der Waals surface area contributed by atoms with E-state index < -0.39 is 0 Å². The first-order chi connectivity index (χ1) is 30.2. The van der Waals surface area contributed by atoms with Gasteiger partial charge in [-0.2, -0.15) is 0 Å². The second-order valence-electron chi connectivity index (χ2n) is 15.2. The van der Waals surface area contributed by atoms with Crippen molar-refractivity contribution in [2.45, 2.75) is 0 Å². The molecule has 0 amide bonds. The van der Waals surface area contributed by atoms with Gasteiger partial charge >= 0.3 is 0 Å². The summed E-state index contributed by atoms with van der Waals surface area (Å²) in [5, 5.41) is 2.12. The third kappa shape index (κ3) is 7.07. The third-order valence-electron chi connectivity index (χ3n) is 11.4. The molecule has 0 fully saturated rings. The Morgan fingerprint density at radius 3 is 1.16 bits per heavy atom. The number of aromatic nitrogens is 3. The summed E-state index contributed by atoms with van der Waals surface area (Å²) in [5.41, 5.74) is 15.8. The Hall–Kier alpha value is -8.21. The van der Waals surface area contributed by atoms with Crippen molar-refractivity contribution in [1.82, 2.24) is 15.0 Å². The molecule has 0 radical (unpaired) electrons. The highest BCUT2D eigenvalue weighted by molar-refractivity contribution is 6.13. The lowest BCUT2D eigenvalue weighted by molar-refractivity contribution is 0.669. The van der Waals surface area contributed by atoms with Crippen LogP contribution in [0.5, 0.6) is 0 Å². The lowest BCUT2D eigenvalue weighted by atomic mass is 9.96. The largest absolute Gasteiger partial charge is 0.456 e. The average Bonchev–Trinajstić information content (AvgIpc) is 3.73. The normalized spacial score (nSPS) is 11.3. The molecule has 61 heavy (non-hydrogen) atoms. The fourth-order valence-electron chi connectivity index (χ4n) is 8.23. The minimum absolute atomic E-state index is 0.574. The fourth-order valence-corrected chi connectivity index (χ4v) is 8.23. The van der Waals surface area contributed by atoms with Gasteiger partial charge in [0.2, 0.25) is 0 Å². The topological polar surface area (TPSA) is 51.8 Å². The number of fused-ring (bicyclic) bond motifs is 3. The Morgan fingerprint density at radius 1 is 0.246 bits per heavy atom. The molecule has 0 bridgehead atoms. The van der Waals surface area contributed by atoms with Gasteiger partial charge in [-0.25, -0.2) is 15.0 Å². The van der Waals surface area contributed by atoms with Crippen LogP contribution < -0.4 is 0 Å². The van der Waals surface area contributed by atoms with Crippen LogP contribution >= 0.6 is 0 Å². The Kier molecular flexibility index (Phi) is 9.14. The van der Waals surface area contributed by atoms with Gasteiger partial charge in [-0.05, 0) is 86.0 Å². The van der Waals surface area contributed by atoms with Gasteiger partial charge in [-0.15, -0.1) is 0 Å². The van der Waals surface area contributed by atoms with Crippen LogP contribution in [0.25, 0.3) is 112 Å². The Bertz CT molecular complexity index is 3320. The number of nitrogens with zero attached hydrogens (tertiary/aromatic N) is 3. The zero-order chi connectivity index (χ0) is 40.5. The van der Waals surface area contributed by atoms with E-state index in [2.05, 4.69) is 200 Å². The molecule has 2 heterocycles. The van der Waals surface area contributed by atoms with Crippen LogP contribution in [0.2, 0.25) is 0 Å². The molecule has 0 unspecified atom stereocenters. The molecule has 0 N–H and O–H groups in total. The number of hydrogen-bond acceptors (Lipinski definition) is 4. The molecule has 11 aromatic rings. The van der Waals surface area contributed by atoms with Gasteiger partial charge in [0, 0.05) is 27.5 Å². The molecule has 0 aliphatic heterocycles. The van der Waals surface area contributed by atoms with Crippen molar-refractivity contribution in [1.29, 1.82) is 0 Å². The molecule has 2 aromatic heterocycles. The van der Waals surface area contributed by atoms with Gasteiger partial charge in [0.05, 0.1) is 0 Å². The van der Waals surface area contributed by atoms with E-state index in [1.54, 1.807) is 0 Å². The molecule has 0 spiro atoms. The fraction of sp³-hybridized carbons (Fsp3) is 0. The van der Waals surface area contributed by atoms with E-state index >= 15 is 0 Å². The molecular weight excluding hydrogens is 743 g/mol. The Balaban J connectivity index is 0.992. The monoisotopic (exact) mass is 779 g/mol. The van der Waals surface area contributed by atoms with Crippen molar-refractivity contribution >= 4 is 21.9 Å². The maximum atomic E-state index is 6.60. The maximum absolute atomic E-state index is 6.60. The molecule has 9 aromatic carbocycles. The van der Waals surface area contributed by atoms with Gasteiger partial charge in [0.1, 0.15) is 11.2 Å². The van der Waals surface area contributed by atoms with Crippen molar-refractivity contribution in [3.63, 3.8) is 0 Å². The molecule has 0 aliphatic carbocycles. The smallest absolute Gasteiger partial charge is 0.164 e. The molecule has 0 saturated carbocycles. The summed E-state index contributed by atoms with van der Waals surface area (Å²) in [6.07, 6.45) is 0. The lowest BCUT2D eigenvalue weighted by Gasteiger charge is -2.10. The summed E-state index contributed by atoms with van der Waals surface area (Å²) in [6, 6.07) is 78.2. The average molecular weight is 780 g/mol. The van der Waals surface area contributed by atoms with E-state index in [4.69, 9.17) is 19.4 Å². The first-order valence-electron chi connectivity index (χ1n) is 20.5. The quantitative estimate of drug-likeness (QED) is 0.154. The van der Waals surface area contributed by atoms with Crippen LogP contribution in [-0.2, 0) is 0 Å². The van der Waals surface area contributed by atoms with E-state index in [0.717, 1.165) is 72.0 Å². The Morgan fingerprint density at radius 2 is 0.623 bits per heavy atom. The van der Waals surface area contributed by atoms with Crippen molar-refractivity contribution in [3.05, 3.63) is 224 Å². The van der Waals surface area contributed by atoms with Crippen molar-refractivity contribution in [3.8, 4) is 89.8 Å². The molecule has 0 aliphatic rings. The highest BCUT2D eigenvalue weighted by atomic mass is 16.3. The molecule has 4 nitrogen and oxygen atoms in total. The molecule has 0 atom stereocenters. The lowest BCUT2D eigenvalue weighted by Crippen LogP contribution is -2.00. The summed E-state index contributed by atoms with van der Waals surface area (Å²) in [6.45, 7) is 0. The number of furan rings is 1. The molecule has 0 saturated heterocycles. The summed E-state index contributed by atoms with van der Waals surface area (Å²) in [5.74, 6) is 1.77. The minimum Gasteiger partial charge on any atom is -0.456 e. The predicted molar refractivity (Wildman–Crippen MR) is 251 cm³/mol. The number of benzene rings is 9. The first kappa shape index (κ1) is 35.9. The third-order valence-corrected chi connectivity index (χ3v) is 11.4. The number of hydrogen-bond donors (Lipinski definition) is 0. The zero-order valence-corrected chi connectivity index (χ0v) is 33.1. The molecular formula is C57H37N3O. The van der Waals surface area contributed by atoms with Crippen molar-refractivity contribution in [2.24, 2.45) is 0 Å². The summed E-state index contributed by atoms with van der Waals surface area (Å²) in [7, 11) is 0. The van der Waals surface area contributed by atoms with Gasteiger partial charge in [-0.1, -0.05) is 194 Å². The highest BCUT2D eigenvalue weighted by Crippen LogP contribution is 2.39. The summed E-state index contributed by atoms with van der Waals surface area (Å²) in [4.78, 5) is 15.3. The summed E-state index contributed by atoms with van der Waals surface area (Å²) >= 11 is 0. The van der Waals surface area contributed by atoms with E-state index in [0.29, 0.717) is 17.5 Å². The van der Waals surface area contributed by atoms with Gasteiger partial charge in [-0.3, -0.25) is 0 Å². The Labute approximate surface area is 354 Å². The minimum atomic E-state index is 0.574. The molecule has 4 heteroatoms. The SMILES string of the molecule is c1ccc(-c2ccc(-c3nc(-c4ccc(-c5cccc(-c6ccccc6)c5)cc4)nc(-c4ccc5c(c4)oc4cccc(-c6cccc(-c7ccccc7)c6)c45)n3)cc2)cc1. The maximum Gasteiger partial charge on any atom is 0.164 e.